The molecule has 0 aromatic heterocycles. The number of carboxylic acid groups (broad SMARTS) is 1. The van der Waals surface area contributed by atoms with Crippen molar-refractivity contribution in [2.45, 2.75) is 19.8 Å². The van der Waals surface area contributed by atoms with E-state index in [-0.39, 0.29) is 12.5 Å². The van der Waals surface area contributed by atoms with Gasteiger partial charge in [-0.1, -0.05) is 12.1 Å². The van der Waals surface area contributed by atoms with Crippen molar-refractivity contribution in [2.75, 3.05) is 19.0 Å². The summed E-state index contributed by atoms with van der Waals surface area (Å²) in [5.74, 6) is -0.439. The molecule has 0 aliphatic carbocycles. The van der Waals surface area contributed by atoms with Gasteiger partial charge in [-0.15, -0.1) is 0 Å². The lowest BCUT2D eigenvalue weighted by Crippen LogP contribution is -2.20. The Labute approximate surface area is 146 Å². The van der Waals surface area contributed by atoms with Gasteiger partial charge in [0.25, 0.3) is 5.91 Å². The highest BCUT2D eigenvalue weighted by Gasteiger charge is 2.13. The number of ether oxygens (including phenoxy) is 2. The smallest absolute Gasteiger partial charge is 0.310 e. The van der Waals surface area contributed by atoms with Crippen LogP contribution in [0.2, 0.25) is 0 Å². The Morgan fingerprint density at radius 2 is 1.84 bits per heavy atom. The lowest BCUT2D eigenvalue weighted by atomic mass is 10.0. The number of carbonyl (C=O) groups is 2. The first-order valence-corrected chi connectivity index (χ1v) is 7.80. The molecule has 1 atom stereocenters. The molecule has 1 amide bonds. The van der Waals surface area contributed by atoms with Crippen LogP contribution in [0.1, 0.15) is 24.0 Å². The molecular formula is C19H21NO5. The van der Waals surface area contributed by atoms with Gasteiger partial charge < -0.3 is 19.9 Å². The van der Waals surface area contributed by atoms with Crippen LogP contribution in [0.25, 0.3) is 0 Å². The van der Waals surface area contributed by atoms with Gasteiger partial charge in [-0.05, 0) is 55.3 Å². The van der Waals surface area contributed by atoms with Crippen LogP contribution in [0.15, 0.2) is 42.5 Å². The Morgan fingerprint density at radius 1 is 1.16 bits per heavy atom. The summed E-state index contributed by atoms with van der Waals surface area (Å²) >= 11 is 0. The number of amides is 1. The second-order valence-corrected chi connectivity index (χ2v) is 5.65. The number of carbonyl (C=O) groups excluding carboxylic acids is 1. The Balaban J connectivity index is 1.90. The average Bonchev–Trinajstić information content (AvgIpc) is 2.60. The number of anilines is 1. The molecule has 132 valence electrons. The number of nitrogens with one attached hydrogen (secondary N) is 1. The summed E-state index contributed by atoms with van der Waals surface area (Å²) in [5.41, 5.74) is 2.18. The number of aryl methyl sites for hydroxylation is 1. The summed E-state index contributed by atoms with van der Waals surface area (Å²) in [6.45, 7) is 3.38. The van der Waals surface area contributed by atoms with Crippen molar-refractivity contribution in [3.63, 3.8) is 0 Å². The van der Waals surface area contributed by atoms with Gasteiger partial charge in [0, 0.05) is 5.69 Å². The van der Waals surface area contributed by atoms with E-state index in [9.17, 15) is 9.59 Å². The van der Waals surface area contributed by atoms with Gasteiger partial charge >= 0.3 is 5.97 Å². The molecule has 0 saturated heterocycles. The highest BCUT2D eigenvalue weighted by atomic mass is 16.5. The van der Waals surface area contributed by atoms with E-state index in [0.29, 0.717) is 17.0 Å². The maximum atomic E-state index is 12.0. The minimum absolute atomic E-state index is 0.126. The van der Waals surface area contributed by atoms with Crippen molar-refractivity contribution in [1.29, 1.82) is 0 Å². The molecule has 0 radical (unpaired) electrons. The monoisotopic (exact) mass is 343 g/mol. The fourth-order valence-electron chi connectivity index (χ4n) is 2.28. The number of rotatable bonds is 7. The first-order chi connectivity index (χ1) is 11.9. The zero-order valence-corrected chi connectivity index (χ0v) is 14.4. The van der Waals surface area contributed by atoms with Gasteiger partial charge in [0.1, 0.15) is 11.5 Å². The van der Waals surface area contributed by atoms with Gasteiger partial charge in [0.15, 0.2) is 6.61 Å². The second-order valence-electron chi connectivity index (χ2n) is 5.65. The molecule has 2 N–H and O–H groups in total. The van der Waals surface area contributed by atoms with Gasteiger partial charge in [-0.25, -0.2) is 0 Å². The average molecular weight is 343 g/mol. The number of aliphatic carboxylic acids is 1. The van der Waals surface area contributed by atoms with Crippen LogP contribution >= 0.6 is 0 Å². The zero-order valence-electron chi connectivity index (χ0n) is 14.4. The largest absolute Gasteiger partial charge is 0.496 e. The summed E-state index contributed by atoms with van der Waals surface area (Å²) in [7, 11) is 1.60. The topological polar surface area (TPSA) is 84.9 Å². The molecule has 2 aromatic carbocycles. The molecular weight excluding hydrogens is 322 g/mol. The lowest BCUT2D eigenvalue weighted by molar-refractivity contribution is -0.138. The predicted molar refractivity (Wildman–Crippen MR) is 94.3 cm³/mol. The maximum absolute atomic E-state index is 12.0. The van der Waals surface area contributed by atoms with E-state index in [2.05, 4.69) is 5.32 Å². The first kappa shape index (κ1) is 18.3. The molecule has 6 heteroatoms. The minimum Gasteiger partial charge on any atom is -0.496 e. The van der Waals surface area contributed by atoms with E-state index >= 15 is 0 Å². The van der Waals surface area contributed by atoms with E-state index in [1.165, 1.54) is 0 Å². The van der Waals surface area contributed by atoms with Crippen molar-refractivity contribution in [3.8, 4) is 11.5 Å². The van der Waals surface area contributed by atoms with Crippen molar-refractivity contribution in [1.82, 2.24) is 0 Å². The van der Waals surface area contributed by atoms with E-state index < -0.39 is 11.9 Å². The fraction of sp³-hybridized carbons (Fsp3) is 0.263. The summed E-state index contributed by atoms with van der Waals surface area (Å²) in [6.07, 6.45) is 0. The molecule has 0 aliphatic heterocycles. The highest BCUT2D eigenvalue weighted by molar-refractivity contribution is 5.92. The normalized spacial score (nSPS) is 11.5. The van der Waals surface area contributed by atoms with Crippen LogP contribution in [-0.4, -0.2) is 30.7 Å². The first-order valence-electron chi connectivity index (χ1n) is 7.80. The standard InChI is InChI=1S/C19H21NO5/c1-12-10-16(8-9-17(12)24-3)25-11-18(21)20-15-6-4-14(5-7-15)13(2)19(22)23/h4-10,13H,11H2,1-3H3,(H,20,21)(H,22,23). The molecule has 0 saturated carbocycles. The Hall–Kier alpha value is -3.02. The number of hydrogen-bond acceptors (Lipinski definition) is 4. The Morgan fingerprint density at radius 3 is 2.40 bits per heavy atom. The van der Waals surface area contributed by atoms with Crippen molar-refractivity contribution in [3.05, 3.63) is 53.6 Å². The van der Waals surface area contributed by atoms with Crippen molar-refractivity contribution < 1.29 is 24.2 Å². The molecule has 0 fully saturated rings. The molecule has 0 aliphatic rings. The van der Waals surface area contributed by atoms with Crippen LogP contribution in [0, 0.1) is 6.92 Å². The third-order valence-electron chi connectivity index (χ3n) is 3.80. The lowest BCUT2D eigenvalue weighted by Gasteiger charge is -2.11. The molecule has 6 nitrogen and oxygen atoms in total. The zero-order chi connectivity index (χ0) is 18.4. The number of hydrogen-bond donors (Lipinski definition) is 2. The SMILES string of the molecule is COc1ccc(OCC(=O)Nc2ccc(C(C)C(=O)O)cc2)cc1C. The van der Waals surface area contributed by atoms with Crippen molar-refractivity contribution >= 4 is 17.6 Å². The van der Waals surface area contributed by atoms with Crippen molar-refractivity contribution in [2.24, 2.45) is 0 Å². The summed E-state index contributed by atoms with van der Waals surface area (Å²) in [4.78, 5) is 22.9. The van der Waals surface area contributed by atoms with Gasteiger partial charge in [-0.2, -0.15) is 0 Å². The molecule has 0 heterocycles. The fourth-order valence-corrected chi connectivity index (χ4v) is 2.28. The third-order valence-corrected chi connectivity index (χ3v) is 3.80. The van der Waals surface area contributed by atoms with Crippen LogP contribution in [0.3, 0.4) is 0 Å². The summed E-state index contributed by atoms with van der Waals surface area (Å²) in [5, 5.41) is 11.7. The maximum Gasteiger partial charge on any atom is 0.310 e. The molecule has 1 unspecified atom stereocenters. The van der Waals surface area contributed by atoms with Gasteiger partial charge in [0.2, 0.25) is 0 Å². The van der Waals surface area contributed by atoms with Gasteiger partial charge in [-0.3, -0.25) is 9.59 Å². The minimum atomic E-state index is -0.889. The summed E-state index contributed by atoms with van der Waals surface area (Å²) in [6, 6.07) is 12.0. The third kappa shape index (κ3) is 4.97. The molecule has 25 heavy (non-hydrogen) atoms. The second kappa shape index (κ2) is 8.19. The quantitative estimate of drug-likeness (QED) is 0.806. The highest BCUT2D eigenvalue weighted by Crippen LogP contribution is 2.23. The Kier molecular flexibility index (Phi) is 6.00. The summed E-state index contributed by atoms with van der Waals surface area (Å²) < 4.78 is 10.6. The van der Waals surface area contributed by atoms with E-state index in [0.717, 1.165) is 11.3 Å². The van der Waals surface area contributed by atoms with Crippen LogP contribution < -0.4 is 14.8 Å². The Bertz CT molecular complexity index is 755. The number of benzene rings is 2. The van der Waals surface area contributed by atoms with E-state index in [1.807, 2.05) is 6.92 Å². The molecule has 2 rings (SSSR count). The van der Waals surface area contributed by atoms with Crippen LogP contribution in [0.4, 0.5) is 5.69 Å². The molecule has 0 spiro atoms. The predicted octanol–water partition coefficient (Wildman–Crippen LogP) is 3.21. The van der Waals surface area contributed by atoms with E-state index in [1.54, 1.807) is 56.5 Å². The molecule has 0 bridgehead atoms. The number of carboxylic acids is 1. The van der Waals surface area contributed by atoms with Crippen LogP contribution in [0.5, 0.6) is 11.5 Å². The molecule has 2 aromatic rings. The van der Waals surface area contributed by atoms with Gasteiger partial charge in [0.05, 0.1) is 13.0 Å². The number of methoxy groups -OCH3 is 1. The van der Waals surface area contributed by atoms with Crippen LogP contribution in [-0.2, 0) is 9.59 Å². The van der Waals surface area contributed by atoms with E-state index in [4.69, 9.17) is 14.6 Å².